The second kappa shape index (κ2) is 4.36. The van der Waals surface area contributed by atoms with Crippen LogP contribution < -0.4 is 0 Å². The molecule has 0 aromatic heterocycles. The Balaban J connectivity index is 3.69. The predicted octanol–water partition coefficient (Wildman–Crippen LogP) is 3.10. The van der Waals surface area contributed by atoms with Gasteiger partial charge in [-0.1, -0.05) is 19.1 Å². The fourth-order valence-electron chi connectivity index (χ4n) is 0.497. The highest BCUT2D eigenvalue weighted by atomic mass is 19.4. The van der Waals surface area contributed by atoms with Gasteiger partial charge in [0.15, 0.2) is 0 Å². The predicted molar refractivity (Wildman–Crippen MR) is 35.0 cm³/mol. The van der Waals surface area contributed by atoms with Crippen molar-refractivity contribution in [3.05, 3.63) is 12.2 Å². The second-order valence-electron chi connectivity index (χ2n) is 2.30. The molecular formula is C7H10F4. The molecule has 0 bridgehead atoms. The highest BCUT2D eigenvalue weighted by molar-refractivity contribution is 4.84. The highest BCUT2D eigenvalue weighted by Crippen LogP contribution is 2.28. The topological polar surface area (TPSA) is 0 Å². The van der Waals surface area contributed by atoms with Crippen molar-refractivity contribution in [1.29, 1.82) is 0 Å². The molecule has 0 aliphatic heterocycles. The number of halogens is 4. The molecule has 0 amide bonds. The van der Waals surface area contributed by atoms with Gasteiger partial charge in [0.2, 0.25) is 0 Å². The summed E-state index contributed by atoms with van der Waals surface area (Å²) < 4.78 is 46.6. The van der Waals surface area contributed by atoms with Gasteiger partial charge in [0.05, 0.1) is 5.92 Å². The maximum absolute atomic E-state index is 11.7. The summed E-state index contributed by atoms with van der Waals surface area (Å²) in [7, 11) is 0. The minimum atomic E-state index is -4.17. The van der Waals surface area contributed by atoms with Crippen LogP contribution in [0.2, 0.25) is 0 Å². The third kappa shape index (κ3) is 4.81. The molecule has 0 aromatic rings. The molecule has 0 rings (SSSR count). The maximum Gasteiger partial charge on any atom is 0.391 e. The fraction of sp³-hybridized carbons (Fsp3) is 0.714. The molecule has 1 atom stereocenters. The lowest BCUT2D eigenvalue weighted by molar-refractivity contribution is -0.168. The van der Waals surface area contributed by atoms with E-state index in [1.165, 1.54) is 6.08 Å². The summed E-state index contributed by atoms with van der Waals surface area (Å²) in [5, 5.41) is 0. The molecule has 0 saturated heterocycles. The van der Waals surface area contributed by atoms with Gasteiger partial charge in [0.25, 0.3) is 0 Å². The average molecular weight is 170 g/mol. The van der Waals surface area contributed by atoms with E-state index >= 15 is 0 Å². The van der Waals surface area contributed by atoms with Crippen LogP contribution in [0.3, 0.4) is 0 Å². The Morgan fingerprint density at radius 2 is 1.82 bits per heavy atom. The molecule has 0 radical (unpaired) electrons. The summed E-state index contributed by atoms with van der Waals surface area (Å²) in [5.74, 6) is -1.38. The minimum absolute atomic E-state index is 0.145. The first-order valence-corrected chi connectivity index (χ1v) is 3.26. The van der Waals surface area contributed by atoms with Crippen molar-refractivity contribution >= 4 is 0 Å². The van der Waals surface area contributed by atoms with Crippen molar-refractivity contribution in [2.45, 2.75) is 19.5 Å². The second-order valence-corrected chi connectivity index (χ2v) is 2.30. The van der Waals surface area contributed by atoms with Gasteiger partial charge in [0.1, 0.15) is 6.67 Å². The lowest BCUT2D eigenvalue weighted by atomic mass is 10.1. The summed E-state index contributed by atoms with van der Waals surface area (Å²) >= 11 is 0. The summed E-state index contributed by atoms with van der Waals surface area (Å²) in [6.45, 7) is 0.368. The lowest BCUT2D eigenvalue weighted by Crippen LogP contribution is -2.18. The highest BCUT2D eigenvalue weighted by Gasteiger charge is 2.34. The molecule has 0 spiro atoms. The molecule has 11 heavy (non-hydrogen) atoms. The van der Waals surface area contributed by atoms with Crippen LogP contribution in [-0.4, -0.2) is 12.9 Å². The van der Waals surface area contributed by atoms with Crippen molar-refractivity contribution in [3.8, 4) is 0 Å². The molecule has 1 unspecified atom stereocenters. The van der Waals surface area contributed by atoms with Crippen LogP contribution in [0.15, 0.2) is 12.2 Å². The monoisotopic (exact) mass is 170 g/mol. The van der Waals surface area contributed by atoms with Gasteiger partial charge < -0.3 is 0 Å². The molecule has 66 valence electrons. The molecule has 0 aromatic carbocycles. The van der Waals surface area contributed by atoms with Crippen molar-refractivity contribution < 1.29 is 17.6 Å². The van der Waals surface area contributed by atoms with Crippen LogP contribution in [0, 0.1) is 5.92 Å². The molecule has 0 aliphatic carbocycles. The first kappa shape index (κ1) is 10.5. The standard InChI is InChI=1S/C7H10F4/c1-6(7(9,10)11)4-2-3-5-8/h2-3,6H,4-5H2,1H3. The number of hydrogen-bond acceptors (Lipinski definition) is 0. The zero-order valence-corrected chi connectivity index (χ0v) is 6.16. The van der Waals surface area contributed by atoms with E-state index in [2.05, 4.69) is 0 Å². The summed E-state index contributed by atoms with van der Waals surface area (Å²) in [5.41, 5.74) is 0. The van der Waals surface area contributed by atoms with E-state index in [-0.39, 0.29) is 6.42 Å². The quantitative estimate of drug-likeness (QED) is 0.451. The molecule has 4 heteroatoms. The Labute approximate surface area is 62.9 Å². The normalized spacial score (nSPS) is 15.7. The van der Waals surface area contributed by atoms with Crippen molar-refractivity contribution in [2.24, 2.45) is 5.92 Å². The van der Waals surface area contributed by atoms with E-state index in [1.54, 1.807) is 0 Å². The Morgan fingerprint density at radius 3 is 2.18 bits per heavy atom. The molecule has 0 saturated carbocycles. The van der Waals surface area contributed by atoms with Gasteiger partial charge in [-0.15, -0.1) is 0 Å². The number of rotatable bonds is 3. The maximum atomic E-state index is 11.7. The van der Waals surface area contributed by atoms with Gasteiger partial charge in [-0.25, -0.2) is 4.39 Å². The van der Waals surface area contributed by atoms with Gasteiger partial charge in [0, 0.05) is 0 Å². The van der Waals surface area contributed by atoms with Gasteiger partial charge in [-0.3, -0.25) is 0 Å². The van der Waals surface area contributed by atoms with Gasteiger partial charge >= 0.3 is 6.18 Å². The van der Waals surface area contributed by atoms with E-state index in [0.29, 0.717) is 0 Å². The van der Waals surface area contributed by atoms with Crippen molar-refractivity contribution in [2.75, 3.05) is 6.67 Å². The van der Waals surface area contributed by atoms with E-state index in [0.717, 1.165) is 13.0 Å². The molecule has 0 nitrogen and oxygen atoms in total. The van der Waals surface area contributed by atoms with E-state index in [1.807, 2.05) is 0 Å². The van der Waals surface area contributed by atoms with Crippen LogP contribution in [0.5, 0.6) is 0 Å². The van der Waals surface area contributed by atoms with Crippen LogP contribution in [0.25, 0.3) is 0 Å². The van der Waals surface area contributed by atoms with Crippen LogP contribution in [0.4, 0.5) is 17.6 Å². The lowest BCUT2D eigenvalue weighted by Gasteiger charge is -2.12. The van der Waals surface area contributed by atoms with Gasteiger partial charge in [-0.2, -0.15) is 13.2 Å². The number of hydrogen-bond donors (Lipinski definition) is 0. The third-order valence-corrected chi connectivity index (χ3v) is 1.30. The summed E-state index contributed by atoms with van der Waals surface area (Å²) in [6.07, 6.45) is -2.02. The first-order valence-electron chi connectivity index (χ1n) is 3.26. The van der Waals surface area contributed by atoms with Crippen LogP contribution >= 0.6 is 0 Å². The fourth-order valence-corrected chi connectivity index (χ4v) is 0.497. The smallest absolute Gasteiger partial charge is 0.247 e. The van der Waals surface area contributed by atoms with Crippen molar-refractivity contribution in [3.63, 3.8) is 0 Å². The zero-order chi connectivity index (χ0) is 8.91. The Kier molecular flexibility index (Phi) is 4.15. The van der Waals surface area contributed by atoms with E-state index in [4.69, 9.17) is 0 Å². The average Bonchev–Trinajstić information content (AvgIpc) is 1.86. The molecular weight excluding hydrogens is 160 g/mol. The number of allylic oxidation sites excluding steroid dienone is 2. The van der Waals surface area contributed by atoms with Crippen LogP contribution in [0.1, 0.15) is 13.3 Å². The summed E-state index contributed by atoms with van der Waals surface area (Å²) in [6, 6.07) is 0. The Hall–Kier alpha value is -0.540. The minimum Gasteiger partial charge on any atom is -0.247 e. The van der Waals surface area contributed by atoms with Gasteiger partial charge in [-0.05, 0) is 6.42 Å². The Bertz CT molecular complexity index is 125. The molecule has 0 N–H and O–H groups in total. The largest absolute Gasteiger partial charge is 0.391 e. The van der Waals surface area contributed by atoms with Crippen LogP contribution in [-0.2, 0) is 0 Å². The van der Waals surface area contributed by atoms with E-state index < -0.39 is 18.8 Å². The SMILES string of the molecule is CC(CC=CCF)C(F)(F)F. The molecule has 0 aliphatic rings. The van der Waals surface area contributed by atoms with Crippen molar-refractivity contribution in [1.82, 2.24) is 0 Å². The third-order valence-electron chi connectivity index (χ3n) is 1.30. The first-order chi connectivity index (χ1) is 4.98. The molecule has 0 fully saturated rings. The zero-order valence-electron chi connectivity index (χ0n) is 6.16. The summed E-state index contributed by atoms with van der Waals surface area (Å²) in [4.78, 5) is 0. The molecule has 0 heterocycles. The number of alkyl halides is 4. The van der Waals surface area contributed by atoms with E-state index in [9.17, 15) is 17.6 Å². The Morgan fingerprint density at radius 1 is 1.27 bits per heavy atom.